The smallest absolute Gasteiger partial charge is 0.341 e. The average molecular weight is 575 g/mol. The molecule has 2 heterocycles. The molecule has 0 aliphatic carbocycles. The van der Waals surface area contributed by atoms with Gasteiger partial charge in [0.15, 0.2) is 11.2 Å². The lowest BCUT2D eigenvalue weighted by Gasteiger charge is -2.32. The van der Waals surface area contributed by atoms with Crippen LogP contribution in [0.15, 0.2) is 6.33 Å². The number of hydrogen-bond acceptors (Lipinski definition) is 13. The number of carbonyl (C=O) groups is 2. The van der Waals surface area contributed by atoms with Gasteiger partial charge in [-0.25, -0.2) is 19.5 Å². The minimum atomic E-state index is -4.20. The molecule has 16 nitrogen and oxygen atoms in total. The molecule has 0 fully saturated rings. The highest BCUT2D eigenvalue weighted by atomic mass is 31.2. The fraction of sp³-hybridized carbons (Fsp3) is 0.571. The third-order valence-electron chi connectivity index (χ3n) is 5.07. The molecule has 5 N–H and O–H groups in total. The number of terminal acetylenes is 1. The second-order valence-corrected chi connectivity index (χ2v) is 9.54. The van der Waals surface area contributed by atoms with E-state index in [1.165, 1.54) is 7.11 Å². The van der Waals surface area contributed by atoms with Crippen molar-refractivity contribution in [3.8, 4) is 18.2 Å². The van der Waals surface area contributed by atoms with Gasteiger partial charge >= 0.3 is 19.6 Å². The normalized spacial score (nSPS) is 14.7. The number of rotatable bonds is 16. The number of methoxy groups -OCH3 is 2. The summed E-state index contributed by atoms with van der Waals surface area (Å²) >= 11 is 0. The van der Waals surface area contributed by atoms with Crippen LogP contribution in [-0.2, 0) is 38.7 Å². The molecule has 0 aromatic carbocycles. The van der Waals surface area contributed by atoms with Crippen LogP contribution < -0.4 is 20.6 Å². The Bertz CT molecular complexity index is 1210. The van der Waals surface area contributed by atoms with Crippen LogP contribution in [0.2, 0.25) is 0 Å². The van der Waals surface area contributed by atoms with Crippen molar-refractivity contribution in [3.63, 3.8) is 0 Å². The van der Waals surface area contributed by atoms with E-state index in [9.17, 15) is 19.3 Å². The summed E-state index contributed by atoms with van der Waals surface area (Å²) in [5.74, 6) is -3.04. The molecule has 2 aromatic heterocycles. The number of ether oxygens (including phenoxy) is 4. The van der Waals surface area contributed by atoms with Crippen LogP contribution in [0.4, 0.5) is 10.3 Å². The number of carbonyl (C=O) groups excluding carboxylic acids is 2. The number of nitrogens with two attached hydrogens (primary N) is 1. The summed E-state index contributed by atoms with van der Waals surface area (Å²) in [6.07, 6.45) is 2.73. The van der Waals surface area contributed by atoms with Crippen LogP contribution in [0.1, 0.15) is 13.8 Å². The van der Waals surface area contributed by atoms with E-state index < -0.39 is 57.3 Å². The highest BCUT2D eigenvalue weighted by molar-refractivity contribution is 7.54. The van der Waals surface area contributed by atoms with Gasteiger partial charge in [-0.05, 0) is 19.8 Å². The number of nitrogens with one attached hydrogen (secondary N) is 2. The summed E-state index contributed by atoms with van der Waals surface area (Å²) in [7, 11) is -1.79. The van der Waals surface area contributed by atoms with E-state index in [0.29, 0.717) is 0 Å². The SMILES string of the molecule is C#C[C@](F)(C(O)C(COP(=O)(NCC(=O)OCC)NCC(=O)OCC)OC)n1cnc2c(OC)nc(N)nc21. The average Bonchev–Trinajstić information content (AvgIpc) is 3.35. The molecule has 0 radical (unpaired) electrons. The Morgan fingerprint density at radius 3 is 2.31 bits per heavy atom. The van der Waals surface area contributed by atoms with Gasteiger partial charge in [0.2, 0.25) is 11.8 Å². The predicted octanol–water partition coefficient (Wildman–Crippen LogP) is -0.521. The van der Waals surface area contributed by atoms with E-state index in [1.54, 1.807) is 13.8 Å². The maximum absolute atomic E-state index is 16.2. The summed E-state index contributed by atoms with van der Waals surface area (Å²) in [6.45, 7) is 1.41. The molecule has 0 aliphatic rings. The van der Waals surface area contributed by atoms with Gasteiger partial charge in [-0.3, -0.25) is 18.7 Å². The van der Waals surface area contributed by atoms with Gasteiger partial charge in [-0.15, -0.1) is 6.42 Å². The van der Waals surface area contributed by atoms with Crippen LogP contribution in [0, 0.1) is 12.3 Å². The number of fused-ring (bicyclic) bond motifs is 1. The van der Waals surface area contributed by atoms with Crippen molar-refractivity contribution in [1.29, 1.82) is 0 Å². The molecule has 2 aromatic rings. The molecule has 0 amide bonds. The lowest BCUT2D eigenvalue weighted by molar-refractivity contribution is -0.142. The van der Waals surface area contributed by atoms with Crippen molar-refractivity contribution in [2.24, 2.45) is 0 Å². The number of aliphatic hydroxyl groups is 1. The molecule has 39 heavy (non-hydrogen) atoms. The van der Waals surface area contributed by atoms with E-state index >= 15 is 4.39 Å². The van der Waals surface area contributed by atoms with Crippen LogP contribution >= 0.6 is 7.67 Å². The molecule has 18 heteroatoms. The number of nitrogen functional groups attached to an aromatic ring is 1. The first-order valence-electron chi connectivity index (χ1n) is 11.5. The zero-order valence-corrected chi connectivity index (χ0v) is 22.6. The number of anilines is 1. The molecular weight excluding hydrogens is 544 g/mol. The largest absolute Gasteiger partial charge is 0.479 e. The number of nitrogens with zero attached hydrogens (tertiary/aromatic N) is 4. The van der Waals surface area contributed by atoms with E-state index in [-0.39, 0.29) is 36.2 Å². The highest BCUT2D eigenvalue weighted by Gasteiger charge is 2.46. The molecule has 0 saturated carbocycles. The summed E-state index contributed by atoms with van der Waals surface area (Å²) in [5, 5.41) is 15.6. The first-order valence-corrected chi connectivity index (χ1v) is 13.1. The van der Waals surface area contributed by atoms with Gasteiger partial charge in [0.05, 0.1) is 26.9 Å². The second-order valence-electron chi connectivity index (χ2n) is 7.54. The summed E-state index contributed by atoms with van der Waals surface area (Å²) in [4.78, 5) is 35.3. The Labute approximate surface area is 223 Å². The maximum atomic E-state index is 16.2. The monoisotopic (exact) mass is 575 g/mol. The molecule has 2 rings (SSSR count). The standard InChI is InChI=1S/C21H31FN7O9P/c1-6-21(22,29-12-24-16-18(29)27-20(23)28-19(16)35-5)17(32)13(34-4)11-38-39(33,25-9-14(30)36-7-2)26-10-15(31)37-8-3/h1,12-13,17,32H,7-11H2,2-5H3,(H2,23,27,28)(H2,25,26,33)/t13?,17?,21-/m1/s1. The first kappa shape index (κ1) is 31.8. The molecule has 0 spiro atoms. The van der Waals surface area contributed by atoms with Crippen molar-refractivity contribution in [1.82, 2.24) is 29.7 Å². The quantitative estimate of drug-likeness (QED) is 0.113. The number of hydrogen-bond donors (Lipinski definition) is 4. The van der Waals surface area contributed by atoms with Crippen molar-refractivity contribution < 1.29 is 47.1 Å². The number of halogens is 1. The predicted molar refractivity (Wildman–Crippen MR) is 134 cm³/mol. The molecule has 216 valence electrons. The number of alkyl halides is 1. The lowest BCUT2D eigenvalue weighted by Crippen LogP contribution is -2.49. The number of imidazole rings is 1. The van der Waals surface area contributed by atoms with Gasteiger partial charge in [0.25, 0.3) is 5.79 Å². The van der Waals surface area contributed by atoms with Crippen LogP contribution in [0.25, 0.3) is 11.2 Å². The summed E-state index contributed by atoms with van der Waals surface area (Å²) in [5.41, 5.74) is 5.50. The van der Waals surface area contributed by atoms with Crippen LogP contribution in [0.3, 0.4) is 0 Å². The Kier molecular flexibility index (Phi) is 11.5. The molecule has 2 unspecified atom stereocenters. The molecule has 0 saturated heterocycles. The van der Waals surface area contributed by atoms with E-state index in [2.05, 4.69) is 25.1 Å². The van der Waals surface area contributed by atoms with Crippen LogP contribution in [0.5, 0.6) is 5.88 Å². The van der Waals surface area contributed by atoms with Crippen molar-refractivity contribution in [2.45, 2.75) is 31.8 Å². The van der Waals surface area contributed by atoms with Gasteiger partial charge in [-0.2, -0.15) is 9.97 Å². The molecule has 0 bridgehead atoms. The van der Waals surface area contributed by atoms with Crippen molar-refractivity contribution in [3.05, 3.63) is 6.33 Å². The van der Waals surface area contributed by atoms with Crippen molar-refractivity contribution >= 4 is 36.7 Å². The zero-order valence-electron chi connectivity index (χ0n) is 21.7. The van der Waals surface area contributed by atoms with E-state index in [1.807, 2.05) is 5.92 Å². The Morgan fingerprint density at radius 1 is 1.23 bits per heavy atom. The van der Waals surface area contributed by atoms with Crippen molar-refractivity contribution in [2.75, 3.05) is 52.9 Å². The lowest BCUT2D eigenvalue weighted by atomic mass is 10.0. The van der Waals surface area contributed by atoms with Gasteiger partial charge in [0, 0.05) is 7.11 Å². The first-order chi connectivity index (χ1) is 18.5. The third-order valence-corrected chi connectivity index (χ3v) is 6.73. The fourth-order valence-corrected chi connectivity index (χ4v) is 4.52. The Morgan fingerprint density at radius 2 is 1.82 bits per heavy atom. The van der Waals surface area contributed by atoms with E-state index in [4.69, 9.17) is 35.6 Å². The molecular formula is C21H31FN7O9P. The zero-order chi connectivity index (χ0) is 29.2. The highest BCUT2D eigenvalue weighted by Crippen LogP contribution is 2.38. The third kappa shape index (κ3) is 7.82. The maximum Gasteiger partial charge on any atom is 0.341 e. The minimum absolute atomic E-state index is 0.0113. The van der Waals surface area contributed by atoms with E-state index in [0.717, 1.165) is 18.0 Å². The molecule has 0 aliphatic heterocycles. The van der Waals surface area contributed by atoms with Gasteiger partial charge in [0.1, 0.15) is 31.6 Å². The Hall–Kier alpha value is -3.39. The summed E-state index contributed by atoms with van der Waals surface area (Å²) < 4.78 is 55.5. The number of aliphatic hydroxyl groups excluding tert-OH is 1. The number of aromatic nitrogens is 4. The Balaban J connectivity index is 2.30. The van der Waals surface area contributed by atoms with Gasteiger partial charge in [-0.1, -0.05) is 0 Å². The van der Waals surface area contributed by atoms with Crippen LogP contribution in [-0.4, -0.2) is 95.9 Å². The topological polar surface area (TPSA) is 211 Å². The number of esters is 2. The second kappa shape index (κ2) is 14.1. The van der Waals surface area contributed by atoms with Gasteiger partial charge < -0.3 is 34.3 Å². The summed E-state index contributed by atoms with van der Waals surface area (Å²) in [6, 6.07) is 0. The molecule has 3 atom stereocenters. The fourth-order valence-electron chi connectivity index (χ4n) is 3.19. The minimum Gasteiger partial charge on any atom is -0.479 e.